The number of carbonyl (C=O) groups is 1. The summed E-state index contributed by atoms with van der Waals surface area (Å²) in [5, 5.41) is 0. The fourth-order valence-corrected chi connectivity index (χ4v) is 0.640. The molecule has 1 amide bonds. The van der Waals surface area contributed by atoms with Gasteiger partial charge in [0.15, 0.2) is 0 Å². The van der Waals surface area contributed by atoms with Crippen LogP contribution in [0, 0.1) is 6.42 Å². The van der Waals surface area contributed by atoms with Gasteiger partial charge < -0.3 is 4.74 Å². The summed E-state index contributed by atoms with van der Waals surface area (Å²) in [6.07, 6.45) is 1.31. The van der Waals surface area contributed by atoms with Crippen molar-refractivity contribution in [2.45, 2.75) is 6.92 Å². The van der Waals surface area contributed by atoms with Crippen molar-refractivity contribution in [1.82, 2.24) is 4.72 Å². The van der Waals surface area contributed by atoms with Gasteiger partial charge in [0.2, 0.25) is 0 Å². The predicted molar refractivity (Wildman–Crippen MR) is 38.3 cm³/mol. The zero-order valence-corrected chi connectivity index (χ0v) is 7.09. The Morgan fingerprint density at radius 3 is 2.55 bits per heavy atom. The molecule has 0 aliphatic rings. The van der Waals surface area contributed by atoms with E-state index in [1.54, 1.807) is 13.3 Å². The molecule has 64 valence electrons. The van der Waals surface area contributed by atoms with Crippen LogP contribution in [-0.4, -0.2) is 27.4 Å². The van der Waals surface area contributed by atoms with Gasteiger partial charge in [-0.1, -0.05) is 11.6 Å². The topological polar surface area (TPSA) is 74.5 Å². The largest absolute Gasteiger partial charge is 0.447 e. The van der Waals surface area contributed by atoms with Gasteiger partial charge >= 0.3 is 6.09 Å². The summed E-state index contributed by atoms with van der Waals surface area (Å²) in [6, 6.07) is 0. The number of rotatable bonds is 3. The second kappa shape index (κ2) is 4.17. The highest BCUT2D eigenvalue weighted by atomic mass is 32.2. The lowest BCUT2D eigenvalue weighted by molar-refractivity contribution is 0.161. The van der Waals surface area contributed by atoms with E-state index in [1.807, 2.05) is 0 Å². The highest BCUT2D eigenvalue weighted by Crippen LogP contribution is 1.85. The van der Waals surface area contributed by atoms with Crippen molar-refractivity contribution in [2.24, 2.45) is 0 Å². The molecule has 0 saturated heterocycles. The van der Waals surface area contributed by atoms with Crippen LogP contribution in [0.5, 0.6) is 0 Å². The van der Waals surface area contributed by atoms with Gasteiger partial charge in [-0.05, 0) is 6.42 Å². The molecule has 0 N–H and O–H groups in total. The summed E-state index contributed by atoms with van der Waals surface area (Å²) < 4.78 is 27.7. The molecule has 0 aromatic rings. The lowest BCUT2D eigenvalue weighted by atomic mass is 10.5. The van der Waals surface area contributed by atoms with Gasteiger partial charge in [0, 0.05) is 0 Å². The van der Waals surface area contributed by atoms with Crippen LogP contribution in [0.4, 0.5) is 4.79 Å². The minimum Gasteiger partial charge on any atom is -0.447 e. The number of hydrogen-bond acceptors (Lipinski definition) is 4. The predicted octanol–water partition coefficient (Wildman–Crippen LogP) is -0.0888. The lowest BCUT2D eigenvalue weighted by Crippen LogP contribution is -2.23. The first kappa shape index (κ1) is 10.2. The summed E-state index contributed by atoms with van der Waals surface area (Å²) in [7, 11) is -3.62. The van der Waals surface area contributed by atoms with Crippen molar-refractivity contribution in [3.05, 3.63) is 6.42 Å². The Labute approximate surface area is 65.8 Å². The van der Waals surface area contributed by atoms with Crippen LogP contribution in [-0.2, 0) is 14.8 Å². The molecule has 11 heavy (non-hydrogen) atoms. The molecule has 6 heteroatoms. The molecular formula is C5H9NO4S. The summed E-state index contributed by atoms with van der Waals surface area (Å²) in [6.45, 7) is 1.74. The van der Waals surface area contributed by atoms with Crippen LogP contribution < -0.4 is 4.72 Å². The van der Waals surface area contributed by atoms with Gasteiger partial charge in [-0.3, -0.25) is 0 Å². The third-order valence-electron chi connectivity index (χ3n) is 0.614. The molecule has 0 atom stereocenters. The van der Waals surface area contributed by atoms with E-state index < -0.39 is 16.1 Å². The molecule has 0 fully saturated rings. The zero-order chi connectivity index (χ0) is 8.91. The fraction of sp³-hybridized carbons (Fsp3) is 0.600. The Bertz CT molecular complexity index is 221. The van der Waals surface area contributed by atoms with E-state index in [9.17, 15) is 13.2 Å². The van der Waals surface area contributed by atoms with E-state index in [1.165, 1.54) is 0 Å². The molecule has 0 aliphatic heterocycles. The summed E-state index contributed by atoms with van der Waals surface area (Å²) in [5.41, 5.74) is 0. The molecule has 2 radical (unpaired) electrons. The summed E-state index contributed by atoms with van der Waals surface area (Å²) >= 11 is 0. The Hall–Kier alpha value is -0.780. The van der Waals surface area contributed by atoms with Crippen molar-refractivity contribution in [2.75, 3.05) is 12.9 Å². The second-order valence-corrected chi connectivity index (χ2v) is 3.46. The zero-order valence-electron chi connectivity index (χ0n) is 6.27. The van der Waals surface area contributed by atoms with Gasteiger partial charge in [0.05, 0.1) is 12.9 Å². The van der Waals surface area contributed by atoms with Crippen LogP contribution in [0.2, 0.25) is 0 Å². The Morgan fingerprint density at radius 1 is 1.64 bits per heavy atom. The third kappa shape index (κ3) is 7.11. The van der Waals surface area contributed by atoms with Gasteiger partial charge in [-0.25, -0.2) is 13.2 Å². The molecule has 5 nitrogen and oxygen atoms in total. The highest BCUT2D eigenvalue weighted by molar-refractivity contribution is 7.89. The molecule has 0 heterocycles. The van der Waals surface area contributed by atoms with Crippen LogP contribution in [0.1, 0.15) is 6.92 Å². The van der Waals surface area contributed by atoms with E-state index in [0.717, 1.165) is 6.26 Å². The number of ether oxygens (including phenoxy) is 1. The average Bonchev–Trinajstić information content (AvgIpc) is 1.79. The Kier molecular flexibility index (Phi) is 3.88. The van der Waals surface area contributed by atoms with Crippen LogP contribution in [0.25, 0.3) is 0 Å². The van der Waals surface area contributed by atoms with E-state index >= 15 is 0 Å². The van der Waals surface area contributed by atoms with Crippen molar-refractivity contribution < 1.29 is 17.9 Å². The standard InChI is InChI=1S/C5H9NO4S/c1-3-4-10-5(7)6-11(2,8)9/h3H,4H2,1-2H3. The maximum atomic E-state index is 10.4. The number of carbonyl (C=O) groups excluding carboxylic acids is 1. The fourth-order valence-electron chi connectivity index (χ4n) is 0.316. The van der Waals surface area contributed by atoms with Crippen molar-refractivity contribution in [3.8, 4) is 0 Å². The maximum Gasteiger partial charge on any atom is 0.444 e. The van der Waals surface area contributed by atoms with Crippen LogP contribution >= 0.6 is 0 Å². The van der Waals surface area contributed by atoms with Crippen LogP contribution in [0.15, 0.2) is 0 Å². The van der Waals surface area contributed by atoms with E-state index in [4.69, 9.17) is 0 Å². The Morgan fingerprint density at radius 2 is 2.18 bits per heavy atom. The number of nitrogens with zero attached hydrogens (tertiary/aromatic N) is 1. The van der Waals surface area contributed by atoms with E-state index in [-0.39, 0.29) is 6.61 Å². The molecule has 0 aliphatic carbocycles. The second-order valence-electron chi connectivity index (χ2n) is 1.81. The van der Waals surface area contributed by atoms with Crippen LogP contribution in [0.3, 0.4) is 0 Å². The average molecular weight is 179 g/mol. The van der Waals surface area contributed by atoms with Gasteiger partial charge in [0.25, 0.3) is 10.0 Å². The molecule has 0 aromatic heterocycles. The van der Waals surface area contributed by atoms with Gasteiger partial charge in [-0.15, -0.1) is 0 Å². The molecular weight excluding hydrogens is 170 g/mol. The number of sulfonamides is 1. The quantitative estimate of drug-likeness (QED) is 0.606. The molecule has 0 aromatic carbocycles. The first-order valence-corrected chi connectivity index (χ1v) is 4.68. The highest BCUT2D eigenvalue weighted by Gasteiger charge is 2.11. The van der Waals surface area contributed by atoms with E-state index in [2.05, 4.69) is 9.46 Å². The van der Waals surface area contributed by atoms with Gasteiger partial charge in [-0.2, -0.15) is 0 Å². The summed E-state index contributed by atoms with van der Waals surface area (Å²) in [5.74, 6) is 0. The molecule has 0 spiro atoms. The lowest BCUT2D eigenvalue weighted by Gasteiger charge is -1.99. The third-order valence-corrected chi connectivity index (χ3v) is 1.09. The van der Waals surface area contributed by atoms with Crippen molar-refractivity contribution in [1.29, 1.82) is 0 Å². The number of amides is 1. The first-order valence-electron chi connectivity index (χ1n) is 2.83. The molecule has 0 unspecified atom stereocenters. The van der Waals surface area contributed by atoms with E-state index in [0.29, 0.717) is 0 Å². The molecule has 0 rings (SSSR count). The minimum atomic E-state index is -3.62. The molecule has 0 saturated carbocycles. The first-order chi connectivity index (χ1) is 4.95. The van der Waals surface area contributed by atoms with Crippen molar-refractivity contribution in [3.63, 3.8) is 0 Å². The maximum absolute atomic E-state index is 10.4. The normalized spacial score (nSPS) is 10.7. The minimum absolute atomic E-state index is 0.0673. The monoisotopic (exact) mass is 179 g/mol. The molecule has 0 bridgehead atoms. The van der Waals surface area contributed by atoms with Gasteiger partial charge in [0.1, 0.15) is 0 Å². The number of hydrogen-bond donors (Lipinski definition) is 0. The van der Waals surface area contributed by atoms with Crippen molar-refractivity contribution >= 4 is 16.1 Å². The Balaban J connectivity index is 3.71. The summed E-state index contributed by atoms with van der Waals surface area (Å²) in [4.78, 5) is 10.4. The smallest absolute Gasteiger partial charge is 0.444 e. The SMILES string of the molecule is C[CH]COC(=O)[N]S(C)(=O)=O.